The number of carbonyl (C=O) groups excluding carboxylic acids is 1. The molecule has 0 heterocycles. The zero-order valence-electron chi connectivity index (χ0n) is 7.63. The molecular formula is C10H11BrOS. The van der Waals surface area contributed by atoms with Gasteiger partial charge in [0.25, 0.3) is 0 Å². The largest absolute Gasteiger partial charge is 0.294 e. The summed E-state index contributed by atoms with van der Waals surface area (Å²) < 4.78 is 0.957. The van der Waals surface area contributed by atoms with Gasteiger partial charge in [-0.15, -0.1) is 11.8 Å². The first-order valence-corrected chi connectivity index (χ1v) is 5.86. The number of thioether (sulfide) groups is 1. The van der Waals surface area contributed by atoms with E-state index in [1.54, 1.807) is 18.7 Å². The molecule has 0 saturated heterocycles. The molecular weight excluding hydrogens is 248 g/mol. The zero-order valence-corrected chi connectivity index (χ0v) is 10.0. The van der Waals surface area contributed by atoms with Gasteiger partial charge in [0.2, 0.25) is 0 Å². The van der Waals surface area contributed by atoms with E-state index in [1.807, 2.05) is 18.2 Å². The smallest absolute Gasteiger partial charge is 0.160 e. The molecule has 0 aliphatic carbocycles. The molecule has 1 aromatic rings. The standard InChI is InChI=1S/C10H11BrOS/c1-3-13-10-5-4-8(11)6-9(10)7(2)12/h4-6H,3H2,1-2H3. The number of benzene rings is 1. The molecule has 0 spiro atoms. The van der Waals surface area contributed by atoms with Crippen molar-refractivity contribution in [1.82, 2.24) is 0 Å². The van der Waals surface area contributed by atoms with E-state index in [2.05, 4.69) is 22.9 Å². The molecule has 3 heteroatoms. The van der Waals surface area contributed by atoms with Crippen molar-refractivity contribution >= 4 is 33.5 Å². The normalized spacial score (nSPS) is 10.1. The van der Waals surface area contributed by atoms with E-state index in [9.17, 15) is 4.79 Å². The highest BCUT2D eigenvalue weighted by molar-refractivity contribution is 9.10. The van der Waals surface area contributed by atoms with E-state index in [1.165, 1.54) is 0 Å². The summed E-state index contributed by atoms with van der Waals surface area (Å²) in [7, 11) is 0. The van der Waals surface area contributed by atoms with Gasteiger partial charge in [-0.3, -0.25) is 4.79 Å². The first-order valence-electron chi connectivity index (χ1n) is 4.08. The molecule has 0 unspecified atom stereocenters. The summed E-state index contributed by atoms with van der Waals surface area (Å²) in [5.74, 6) is 1.11. The Balaban J connectivity index is 3.10. The topological polar surface area (TPSA) is 17.1 Å². The number of rotatable bonds is 3. The number of carbonyl (C=O) groups is 1. The highest BCUT2D eigenvalue weighted by atomic mass is 79.9. The Morgan fingerprint density at radius 2 is 2.23 bits per heavy atom. The van der Waals surface area contributed by atoms with Gasteiger partial charge < -0.3 is 0 Å². The monoisotopic (exact) mass is 258 g/mol. The maximum Gasteiger partial charge on any atom is 0.160 e. The van der Waals surface area contributed by atoms with E-state index in [0.29, 0.717) is 0 Å². The van der Waals surface area contributed by atoms with Crippen LogP contribution >= 0.6 is 27.7 Å². The van der Waals surface area contributed by atoms with Crippen LogP contribution in [0.2, 0.25) is 0 Å². The van der Waals surface area contributed by atoms with Gasteiger partial charge in [0.1, 0.15) is 0 Å². The molecule has 1 aromatic carbocycles. The molecule has 0 saturated carbocycles. The number of hydrogen-bond donors (Lipinski definition) is 0. The Labute approximate surface area is 91.0 Å². The Hall–Kier alpha value is -0.280. The Bertz CT molecular complexity index is 323. The molecule has 1 rings (SSSR count). The summed E-state index contributed by atoms with van der Waals surface area (Å²) in [5.41, 5.74) is 0.807. The first kappa shape index (κ1) is 10.8. The highest BCUT2D eigenvalue weighted by Gasteiger charge is 2.06. The summed E-state index contributed by atoms with van der Waals surface area (Å²) in [6, 6.07) is 5.82. The van der Waals surface area contributed by atoms with Gasteiger partial charge in [0.05, 0.1) is 0 Å². The fourth-order valence-electron chi connectivity index (χ4n) is 1.06. The molecule has 0 aliphatic rings. The average Bonchev–Trinajstić information content (AvgIpc) is 2.08. The van der Waals surface area contributed by atoms with Crippen LogP contribution in [0.4, 0.5) is 0 Å². The van der Waals surface area contributed by atoms with Gasteiger partial charge in [-0.25, -0.2) is 0 Å². The molecule has 70 valence electrons. The minimum absolute atomic E-state index is 0.122. The second kappa shape index (κ2) is 4.82. The van der Waals surface area contributed by atoms with Crippen molar-refractivity contribution < 1.29 is 4.79 Å². The van der Waals surface area contributed by atoms with E-state index in [-0.39, 0.29) is 5.78 Å². The third-order valence-electron chi connectivity index (χ3n) is 1.62. The summed E-state index contributed by atoms with van der Waals surface area (Å²) in [6.07, 6.45) is 0. The molecule has 1 nitrogen and oxygen atoms in total. The lowest BCUT2D eigenvalue weighted by molar-refractivity contribution is 0.101. The lowest BCUT2D eigenvalue weighted by Gasteiger charge is -2.05. The summed E-state index contributed by atoms with van der Waals surface area (Å²) in [5, 5.41) is 0. The minimum atomic E-state index is 0.122. The molecule has 0 aromatic heterocycles. The van der Waals surface area contributed by atoms with Gasteiger partial charge in [-0.1, -0.05) is 22.9 Å². The molecule has 13 heavy (non-hydrogen) atoms. The maximum atomic E-state index is 11.3. The molecule has 0 atom stereocenters. The summed E-state index contributed by atoms with van der Waals surface area (Å²) in [6.45, 7) is 3.68. The Kier molecular flexibility index (Phi) is 4.00. The molecule has 0 fully saturated rings. The molecule has 0 aliphatic heterocycles. The van der Waals surface area contributed by atoms with E-state index >= 15 is 0 Å². The van der Waals surface area contributed by atoms with Crippen LogP contribution in [0.15, 0.2) is 27.6 Å². The van der Waals surface area contributed by atoms with Crippen molar-refractivity contribution in [3.8, 4) is 0 Å². The van der Waals surface area contributed by atoms with Crippen LogP contribution in [0.5, 0.6) is 0 Å². The van der Waals surface area contributed by atoms with Crippen molar-refractivity contribution in [2.45, 2.75) is 18.7 Å². The van der Waals surface area contributed by atoms with Crippen molar-refractivity contribution in [3.63, 3.8) is 0 Å². The van der Waals surface area contributed by atoms with Crippen LogP contribution in [0.1, 0.15) is 24.2 Å². The van der Waals surface area contributed by atoms with Gasteiger partial charge >= 0.3 is 0 Å². The maximum absolute atomic E-state index is 11.3. The third kappa shape index (κ3) is 2.85. The summed E-state index contributed by atoms with van der Waals surface area (Å²) in [4.78, 5) is 12.3. The van der Waals surface area contributed by atoms with Gasteiger partial charge in [-0.2, -0.15) is 0 Å². The van der Waals surface area contributed by atoms with Crippen molar-refractivity contribution in [1.29, 1.82) is 0 Å². The van der Waals surface area contributed by atoms with E-state index in [0.717, 1.165) is 20.7 Å². The van der Waals surface area contributed by atoms with Crippen LogP contribution in [0, 0.1) is 0 Å². The average molecular weight is 259 g/mol. The first-order chi connectivity index (χ1) is 6.15. The van der Waals surface area contributed by atoms with Crippen LogP contribution in [0.25, 0.3) is 0 Å². The highest BCUT2D eigenvalue weighted by Crippen LogP contribution is 2.25. The molecule has 0 N–H and O–H groups in total. The Morgan fingerprint density at radius 1 is 1.54 bits per heavy atom. The lowest BCUT2D eigenvalue weighted by Crippen LogP contribution is -1.95. The molecule has 0 bridgehead atoms. The fraction of sp³-hybridized carbons (Fsp3) is 0.300. The predicted molar refractivity (Wildman–Crippen MR) is 60.5 cm³/mol. The number of Topliss-reactive ketones (excluding diaryl/α,β-unsaturated/α-hetero) is 1. The van der Waals surface area contributed by atoms with Crippen LogP contribution in [0.3, 0.4) is 0 Å². The van der Waals surface area contributed by atoms with Crippen LogP contribution < -0.4 is 0 Å². The quantitative estimate of drug-likeness (QED) is 0.607. The van der Waals surface area contributed by atoms with Crippen molar-refractivity contribution in [3.05, 3.63) is 28.2 Å². The number of ketones is 1. The third-order valence-corrected chi connectivity index (χ3v) is 3.07. The summed E-state index contributed by atoms with van der Waals surface area (Å²) >= 11 is 5.05. The second-order valence-corrected chi connectivity index (χ2v) is 4.85. The van der Waals surface area contributed by atoms with E-state index < -0.39 is 0 Å². The lowest BCUT2D eigenvalue weighted by atomic mass is 10.1. The van der Waals surface area contributed by atoms with Crippen LogP contribution in [-0.4, -0.2) is 11.5 Å². The fourth-order valence-corrected chi connectivity index (χ4v) is 2.25. The van der Waals surface area contributed by atoms with Gasteiger partial charge in [-0.05, 0) is 30.9 Å². The van der Waals surface area contributed by atoms with Crippen LogP contribution in [-0.2, 0) is 0 Å². The number of halogens is 1. The van der Waals surface area contributed by atoms with Gasteiger partial charge in [0, 0.05) is 14.9 Å². The van der Waals surface area contributed by atoms with Crippen molar-refractivity contribution in [2.24, 2.45) is 0 Å². The predicted octanol–water partition coefficient (Wildman–Crippen LogP) is 3.76. The zero-order chi connectivity index (χ0) is 9.84. The minimum Gasteiger partial charge on any atom is -0.294 e. The number of hydrogen-bond acceptors (Lipinski definition) is 2. The van der Waals surface area contributed by atoms with Crippen molar-refractivity contribution in [2.75, 3.05) is 5.75 Å². The molecule has 0 radical (unpaired) electrons. The SMILES string of the molecule is CCSc1ccc(Br)cc1C(C)=O. The molecule has 0 amide bonds. The Morgan fingerprint density at radius 3 is 2.77 bits per heavy atom. The van der Waals surface area contributed by atoms with E-state index in [4.69, 9.17) is 0 Å². The van der Waals surface area contributed by atoms with Gasteiger partial charge in [0.15, 0.2) is 5.78 Å². The second-order valence-electron chi connectivity index (χ2n) is 2.63.